The van der Waals surface area contributed by atoms with Crippen LogP contribution in [0.5, 0.6) is 0 Å². The number of nitrogens with zero attached hydrogens (tertiary/aromatic N) is 5. The Balaban J connectivity index is 1.37. The molecule has 8 heteroatoms. The maximum Gasteiger partial charge on any atom is 0.235 e. The molecule has 1 amide bonds. The van der Waals surface area contributed by atoms with Gasteiger partial charge in [-0.05, 0) is 38.2 Å². The Labute approximate surface area is 168 Å². The maximum atomic E-state index is 12.5. The second-order valence-corrected chi connectivity index (χ2v) is 8.12. The second kappa shape index (κ2) is 8.18. The summed E-state index contributed by atoms with van der Waals surface area (Å²) in [5.41, 5.74) is 1.18. The van der Waals surface area contributed by atoms with E-state index in [1.165, 1.54) is 30.2 Å². The molecule has 2 aromatic heterocycles. The monoisotopic (exact) mass is 396 g/mol. The Morgan fingerprint density at radius 1 is 1.25 bits per heavy atom. The molecular weight excluding hydrogens is 372 g/mol. The summed E-state index contributed by atoms with van der Waals surface area (Å²) in [4.78, 5) is 12.5. The fourth-order valence-corrected chi connectivity index (χ4v) is 4.02. The molecule has 0 bridgehead atoms. The van der Waals surface area contributed by atoms with Crippen molar-refractivity contribution in [2.75, 3.05) is 11.1 Å². The van der Waals surface area contributed by atoms with Crippen molar-refractivity contribution >= 4 is 23.5 Å². The average molecular weight is 397 g/mol. The highest BCUT2D eigenvalue weighted by atomic mass is 32.2. The van der Waals surface area contributed by atoms with Crippen LogP contribution in [0.15, 0.2) is 47.8 Å². The lowest BCUT2D eigenvalue weighted by molar-refractivity contribution is -0.113. The Morgan fingerprint density at radius 2 is 2.04 bits per heavy atom. The van der Waals surface area contributed by atoms with Gasteiger partial charge in [-0.15, -0.1) is 10.2 Å². The summed E-state index contributed by atoms with van der Waals surface area (Å²) < 4.78 is 3.95. The molecule has 4 rings (SSSR count). The fraction of sp³-hybridized carbons (Fsp3) is 0.400. The van der Waals surface area contributed by atoms with E-state index in [0.717, 1.165) is 16.8 Å². The maximum absolute atomic E-state index is 12.5. The first-order valence-electron chi connectivity index (χ1n) is 9.51. The molecule has 0 radical (unpaired) electrons. The number of benzene rings is 1. The highest BCUT2D eigenvalue weighted by molar-refractivity contribution is 7.99. The number of hydrogen-bond acceptors (Lipinski definition) is 5. The van der Waals surface area contributed by atoms with Crippen molar-refractivity contribution in [3.8, 4) is 0 Å². The first-order valence-corrected chi connectivity index (χ1v) is 10.5. The number of amides is 1. The summed E-state index contributed by atoms with van der Waals surface area (Å²) in [7, 11) is 0. The van der Waals surface area contributed by atoms with Gasteiger partial charge in [-0.1, -0.05) is 42.1 Å². The first-order chi connectivity index (χ1) is 13.6. The SMILES string of the molecule is Cc1nnc(SCC(=O)Nc2ccnn2C(C)C2CC2)n1Cc1ccccc1. The van der Waals surface area contributed by atoms with Crippen molar-refractivity contribution < 1.29 is 4.79 Å². The van der Waals surface area contributed by atoms with Crippen molar-refractivity contribution in [3.05, 3.63) is 54.0 Å². The zero-order chi connectivity index (χ0) is 19.5. The van der Waals surface area contributed by atoms with E-state index in [9.17, 15) is 4.79 Å². The largest absolute Gasteiger partial charge is 0.310 e. The molecular formula is C20H24N6OS. The third-order valence-corrected chi connectivity index (χ3v) is 6.01. The Hall–Kier alpha value is -2.61. The Kier molecular flexibility index (Phi) is 5.47. The predicted molar refractivity (Wildman–Crippen MR) is 109 cm³/mol. The zero-order valence-electron chi connectivity index (χ0n) is 16.1. The van der Waals surface area contributed by atoms with Gasteiger partial charge in [0.2, 0.25) is 5.91 Å². The van der Waals surface area contributed by atoms with Crippen LogP contribution in [-0.4, -0.2) is 36.2 Å². The summed E-state index contributed by atoms with van der Waals surface area (Å²) in [6.07, 6.45) is 4.21. The summed E-state index contributed by atoms with van der Waals surface area (Å²) in [5.74, 6) is 2.47. The van der Waals surface area contributed by atoms with Crippen LogP contribution in [0.1, 0.15) is 37.2 Å². The molecule has 0 saturated heterocycles. The zero-order valence-corrected chi connectivity index (χ0v) is 16.9. The second-order valence-electron chi connectivity index (χ2n) is 7.18. The standard InChI is InChI=1S/C20H24N6OS/c1-14(17-8-9-17)26-18(10-11-21-26)22-19(27)13-28-20-24-23-15(2)25(20)12-16-6-4-3-5-7-16/h3-7,10-11,14,17H,8-9,12-13H2,1-2H3,(H,22,27). The minimum atomic E-state index is -0.0679. The summed E-state index contributed by atoms with van der Waals surface area (Å²) in [6.45, 7) is 4.77. The number of thioether (sulfide) groups is 1. The van der Waals surface area contributed by atoms with Crippen LogP contribution in [0.2, 0.25) is 0 Å². The fourth-order valence-electron chi connectivity index (χ4n) is 3.24. The van der Waals surface area contributed by atoms with Gasteiger partial charge in [0.1, 0.15) is 11.6 Å². The number of aromatic nitrogens is 5. The van der Waals surface area contributed by atoms with Crippen LogP contribution >= 0.6 is 11.8 Å². The lowest BCUT2D eigenvalue weighted by atomic mass is 10.2. The number of nitrogens with one attached hydrogen (secondary N) is 1. The van der Waals surface area contributed by atoms with Crippen LogP contribution in [0.25, 0.3) is 0 Å². The normalized spacial score (nSPS) is 14.8. The summed E-state index contributed by atoms with van der Waals surface area (Å²) in [6, 6.07) is 12.3. The van der Waals surface area contributed by atoms with Gasteiger partial charge < -0.3 is 9.88 Å². The number of anilines is 1. The van der Waals surface area contributed by atoms with Crippen LogP contribution in [-0.2, 0) is 11.3 Å². The van der Waals surface area contributed by atoms with E-state index in [1.807, 2.05) is 40.4 Å². The van der Waals surface area contributed by atoms with Crippen LogP contribution in [0.3, 0.4) is 0 Å². The molecule has 0 spiro atoms. The number of hydrogen-bond donors (Lipinski definition) is 1. The molecule has 28 heavy (non-hydrogen) atoms. The molecule has 0 aliphatic heterocycles. The quantitative estimate of drug-likeness (QED) is 0.589. The summed E-state index contributed by atoms with van der Waals surface area (Å²) >= 11 is 1.40. The van der Waals surface area contributed by atoms with E-state index in [2.05, 4.69) is 39.7 Å². The molecule has 1 aliphatic rings. The van der Waals surface area contributed by atoms with E-state index in [4.69, 9.17) is 0 Å². The Morgan fingerprint density at radius 3 is 2.79 bits per heavy atom. The topological polar surface area (TPSA) is 77.6 Å². The van der Waals surface area contributed by atoms with E-state index in [-0.39, 0.29) is 11.7 Å². The van der Waals surface area contributed by atoms with Crippen LogP contribution in [0.4, 0.5) is 5.82 Å². The molecule has 3 aromatic rings. The molecule has 146 valence electrons. The highest BCUT2D eigenvalue weighted by Crippen LogP contribution is 2.40. The molecule has 1 saturated carbocycles. The van der Waals surface area contributed by atoms with Gasteiger partial charge in [-0.3, -0.25) is 4.79 Å². The molecule has 7 nitrogen and oxygen atoms in total. The molecule has 1 aliphatic carbocycles. The van der Waals surface area contributed by atoms with Crippen molar-refractivity contribution in [1.29, 1.82) is 0 Å². The third-order valence-electron chi connectivity index (χ3n) is 5.05. The molecule has 1 aromatic carbocycles. The molecule has 1 unspecified atom stereocenters. The van der Waals surface area contributed by atoms with E-state index >= 15 is 0 Å². The van der Waals surface area contributed by atoms with Gasteiger partial charge in [-0.25, -0.2) is 4.68 Å². The number of carbonyl (C=O) groups excluding carboxylic acids is 1. The average Bonchev–Trinajstić information content (AvgIpc) is 3.37. The smallest absolute Gasteiger partial charge is 0.235 e. The molecule has 1 atom stereocenters. The molecule has 1 fully saturated rings. The van der Waals surface area contributed by atoms with E-state index in [0.29, 0.717) is 18.5 Å². The minimum absolute atomic E-state index is 0.0679. The minimum Gasteiger partial charge on any atom is -0.310 e. The van der Waals surface area contributed by atoms with Gasteiger partial charge in [0, 0.05) is 6.07 Å². The lowest BCUT2D eigenvalue weighted by Crippen LogP contribution is -2.20. The van der Waals surface area contributed by atoms with Crippen LogP contribution in [0, 0.1) is 12.8 Å². The lowest BCUT2D eigenvalue weighted by Gasteiger charge is -2.15. The predicted octanol–water partition coefficient (Wildman–Crippen LogP) is 3.53. The first kappa shape index (κ1) is 18.7. The van der Waals surface area contributed by atoms with Crippen molar-refractivity contribution in [3.63, 3.8) is 0 Å². The number of rotatable bonds is 8. The van der Waals surface area contributed by atoms with E-state index < -0.39 is 0 Å². The van der Waals surface area contributed by atoms with Gasteiger partial charge in [0.15, 0.2) is 5.16 Å². The van der Waals surface area contributed by atoms with Crippen LogP contribution < -0.4 is 5.32 Å². The molecule has 2 heterocycles. The Bertz CT molecular complexity index is 947. The third kappa shape index (κ3) is 4.27. The molecule has 1 N–H and O–H groups in total. The summed E-state index contributed by atoms with van der Waals surface area (Å²) in [5, 5.41) is 16.5. The number of carbonyl (C=O) groups is 1. The van der Waals surface area contributed by atoms with Crippen molar-refractivity contribution in [1.82, 2.24) is 24.5 Å². The van der Waals surface area contributed by atoms with E-state index in [1.54, 1.807) is 6.20 Å². The van der Waals surface area contributed by atoms with Crippen molar-refractivity contribution in [2.45, 2.75) is 44.4 Å². The van der Waals surface area contributed by atoms with Gasteiger partial charge in [-0.2, -0.15) is 5.10 Å². The van der Waals surface area contributed by atoms with Gasteiger partial charge in [0.05, 0.1) is 24.5 Å². The number of aryl methyl sites for hydroxylation is 1. The van der Waals surface area contributed by atoms with Crippen molar-refractivity contribution in [2.24, 2.45) is 5.92 Å². The van der Waals surface area contributed by atoms with Gasteiger partial charge >= 0.3 is 0 Å². The van der Waals surface area contributed by atoms with Gasteiger partial charge in [0.25, 0.3) is 0 Å². The highest BCUT2D eigenvalue weighted by Gasteiger charge is 2.30.